The summed E-state index contributed by atoms with van der Waals surface area (Å²) in [7, 11) is -4.11. The summed E-state index contributed by atoms with van der Waals surface area (Å²) < 4.78 is 36.3. The highest BCUT2D eigenvalue weighted by molar-refractivity contribution is 9.10. The molecule has 0 unspecified atom stereocenters. The van der Waals surface area contributed by atoms with Crippen LogP contribution in [0.15, 0.2) is 21.5 Å². The van der Waals surface area contributed by atoms with E-state index >= 15 is 0 Å². The lowest BCUT2D eigenvalue weighted by molar-refractivity contribution is 0.0762. The number of carbonyl (C=O) groups is 1. The van der Waals surface area contributed by atoms with Gasteiger partial charge in [-0.1, -0.05) is 6.92 Å². The molecule has 0 aliphatic rings. The summed E-state index contributed by atoms with van der Waals surface area (Å²) in [5, 5.41) is 5.01. The molecule has 0 spiro atoms. The molecule has 0 saturated carbocycles. The molecule has 0 aliphatic carbocycles. The van der Waals surface area contributed by atoms with Crippen LogP contribution in [0.2, 0.25) is 0 Å². The first-order chi connectivity index (χ1) is 9.22. The Bertz CT molecular complexity index is 619. The minimum atomic E-state index is -4.11. The molecule has 1 aromatic carbocycles. The van der Waals surface area contributed by atoms with E-state index in [9.17, 15) is 17.6 Å². The van der Waals surface area contributed by atoms with Gasteiger partial charge in [-0.25, -0.2) is 17.9 Å². The molecule has 1 aromatic rings. The molecule has 5 nitrogen and oxygen atoms in total. The van der Waals surface area contributed by atoms with Crippen LogP contribution < -0.4 is 5.14 Å². The number of benzene rings is 1. The minimum absolute atomic E-state index is 0.0130. The first-order valence-corrected chi connectivity index (χ1v) is 8.37. The molecule has 112 valence electrons. The van der Waals surface area contributed by atoms with Crippen molar-refractivity contribution >= 4 is 31.9 Å². The van der Waals surface area contributed by atoms with Crippen LogP contribution in [-0.2, 0) is 10.0 Å². The van der Waals surface area contributed by atoms with Gasteiger partial charge in [-0.3, -0.25) is 4.79 Å². The zero-order valence-corrected chi connectivity index (χ0v) is 13.6. The van der Waals surface area contributed by atoms with Crippen LogP contribution in [0.3, 0.4) is 0 Å². The van der Waals surface area contributed by atoms with Crippen molar-refractivity contribution < 1.29 is 17.6 Å². The number of nitrogens with two attached hydrogens (primary N) is 1. The van der Waals surface area contributed by atoms with Gasteiger partial charge in [0.1, 0.15) is 5.82 Å². The Kier molecular flexibility index (Phi) is 5.67. The number of halogens is 2. The molecule has 1 amide bonds. The summed E-state index contributed by atoms with van der Waals surface area (Å²) in [6, 6.07) is 1.78. The first-order valence-electron chi connectivity index (χ1n) is 6.03. The molecule has 0 aromatic heterocycles. The fraction of sp³-hybridized carbons (Fsp3) is 0.417. The van der Waals surface area contributed by atoms with Crippen LogP contribution >= 0.6 is 15.9 Å². The van der Waals surface area contributed by atoms with Crippen molar-refractivity contribution in [3.8, 4) is 0 Å². The van der Waals surface area contributed by atoms with Crippen LogP contribution in [0.1, 0.15) is 30.6 Å². The Morgan fingerprint density at radius 1 is 1.40 bits per heavy atom. The predicted molar refractivity (Wildman–Crippen MR) is 77.3 cm³/mol. The summed E-state index contributed by atoms with van der Waals surface area (Å²) >= 11 is 3.03. The fourth-order valence-corrected chi connectivity index (χ4v) is 3.48. The quantitative estimate of drug-likeness (QED) is 0.866. The number of hydrogen-bond donors (Lipinski definition) is 1. The molecule has 8 heteroatoms. The van der Waals surface area contributed by atoms with Crippen LogP contribution in [0.4, 0.5) is 4.39 Å². The molecule has 0 aliphatic heterocycles. The van der Waals surface area contributed by atoms with E-state index in [2.05, 4.69) is 15.9 Å². The number of carbonyl (C=O) groups excluding carboxylic acids is 1. The summed E-state index contributed by atoms with van der Waals surface area (Å²) in [5.41, 5.74) is -0.0516. The van der Waals surface area contributed by atoms with E-state index in [4.69, 9.17) is 5.14 Å². The van der Waals surface area contributed by atoms with E-state index in [-0.39, 0.29) is 10.0 Å². The van der Waals surface area contributed by atoms with Gasteiger partial charge in [-0.2, -0.15) is 0 Å². The van der Waals surface area contributed by atoms with Crippen LogP contribution in [0.5, 0.6) is 0 Å². The number of hydrogen-bond acceptors (Lipinski definition) is 3. The fourth-order valence-electron chi connectivity index (χ4n) is 1.77. The third kappa shape index (κ3) is 3.77. The molecule has 0 fully saturated rings. The van der Waals surface area contributed by atoms with Crippen LogP contribution in [0.25, 0.3) is 0 Å². The Morgan fingerprint density at radius 3 is 2.45 bits per heavy atom. The van der Waals surface area contributed by atoms with Gasteiger partial charge >= 0.3 is 0 Å². The maximum atomic E-state index is 13.5. The van der Waals surface area contributed by atoms with Crippen molar-refractivity contribution in [1.82, 2.24) is 4.90 Å². The van der Waals surface area contributed by atoms with Crippen molar-refractivity contribution in [2.75, 3.05) is 13.1 Å². The number of rotatable bonds is 5. The Morgan fingerprint density at radius 2 is 2.00 bits per heavy atom. The molecule has 0 saturated heterocycles. The predicted octanol–water partition coefficient (Wildman–Crippen LogP) is 2.11. The van der Waals surface area contributed by atoms with Gasteiger partial charge in [-0.15, -0.1) is 0 Å². The maximum absolute atomic E-state index is 13.5. The normalized spacial score (nSPS) is 11.4. The minimum Gasteiger partial charge on any atom is -0.339 e. The molecular weight excluding hydrogens is 351 g/mol. The second-order valence-electron chi connectivity index (χ2n) is 4.20. The Balaban J connectivity index is 3.39. The second kappa shape index (κ2) is 6.64. The monoisotopic (exact) mass is 366 g/mol. The average Bonchev–Trinajstić information content (AvgIpc) is 2.36. The van der Waals surface area contributed by atoms with E-state index in [0.29, 0.717) is 13.1 Å². The number of sulfonamides is 1. The largest absolute Gasteiger partial charge is 0.339 e. The van der Waals surface area contributed by atoms with Gasteiger partial charge in [0.2, 0.25) is 10.0 Å². The summed E-state index contributed by atoms with van der Waals surface area (Å²) in [6.07, 6.45) is 0.745. The van der Waals surface area contributed by atoms with E-state index < -0.39 is 26.6 Å². The van der Waals surface area contributed by atoms with Gasteiger partial charge in [-0.05, 0) is 41.4 Å². The molecular formula is C12H16BrFN2O3S. The molecule has 2 N–H and O–H groups in total. The van der Waals surface area contributed by atoms with Gasteiger partial charge in [0.05, 0.1) is 14.9 Å². The van der Waals surface area contributed by atoms with Crippen molar-refractivity contribution in [1.29, 1.82) is 0 Å². The van der Waals surface area contributed by atoms with E-state index in [1.807, 2.05) is 6.92 Å². The molecule has 0 heterocycles. The topological polar surface area (TPSA) is 80.5 Å². The highest BCUT2D eigenvalue weighted by Crippen LogP contribution is 2.27. The standard InChI is InChI=1S/C12H16BrFN2O3S/c1-3-5-16(4-2)12(17)9-6-8(14)7-10(11(9)13)20(15,18)19/h6-7H,3-5H2,1-2H3,(H2,15,18,19). The highest BCUT2D eigenvalue weighted by atomic mass is 79.9. The highest BCUT2D eigenvalue weighted by Gasteiger charge is 2.23. The number of amides is 1. The van der Waals surface area contributed by atoms with Crippen molar-refractivity contribution in [2.45, 2.75) is 25.2 Å². The number of primary sulfonamides is 1. The molecule has 0 bridgehead atoms. The SMILES string of the molecule is CCCN(CC)C(=O)c1cc(F)cc(S(N)(=O)=O)c1Br. The molecule has 0 atom stereocenters. The zero-order valence-electron chi connectivity index (χ0n) is 11.2. The van der Waals surface area contributed by atoms with E-state index in [1.165, 1.54) is 4.90 Å². The zero-order chi connectivity index (χ0) is 15.5. The lowest BCUT2D eigenvalue weighted by atomic mass is 10.2. The third-order valence-electron chi connectivity index (χ3n) is 2.70. The average molecular weight is 367 g/mol. The summed E-state index contributed by atoms with van der Waals surface area (Å²) in [6.45, 7) is 4.65. The smallest absolute Gasteiger partial charge is 0.255 e. The van der Waals surface area contributed by atoms with E-state index in [0.717, 1.165) is 18.6 Å². The summed E-state index contributed by atoms with van der Waals surface area (Å²) in [4.78, 5) is 13.4. The van der Waals surface area contributed by atoms with Gasteiger partial charge in [0.15, 0.2) is 0 Å². The third-order valence-corrected chi connectivity index (χ3v) is 4.76. The van der Waals surface area contributed by atoms with Crippen molar-refractivity contribution in [3.63, 3.8) is 0 Å². The van der Waals surface area contributed by atoms with Gasteiger partial charge in [0, 0.05) is 13.1 Å². The molecule has 1 rings (SSSR count). The van der Waals surface area contributed by atoms with Crippen molar-refractivity contribution in [3.05, 3.63) is 28.0 Å². The van der Waals surface area contributed by atoms with Crippen LogP contribution in [0, 0.1) is 5.82 Å². The lowest BCUT2D eigenvalue weighted by Gasteiger charge is -2.21. The molecule has 0 radical (unpaired) electrons. The number of nitrogens with zero attached hydrogens (tertiary/aromatic N) is 1. The van der Waals surface area contributed by atoms with Gasteiger partial charge < -0.3 is 4.90 Å². The first kappa shape index (κ1) is 17.1. The Hall–Kier alpha value is -0.990. The second-order valence-corrected chi connectivity index (χ2v) is 6.52. The van der Waals surface area contributed by atoms with Crippen LogP contribution in [-0.4, -0.2) is 32.3 Å². The summed E-state index contributed by atoms with van der Waals surface area (Å²) in [5.74, 6) is -1.27. The van der Waals surface area contributed by atoms with E-state index in [1.54, 1.807) is 6.92 Å². The maximum Gasteiger partial charge on any atom is 0.255 e. The molecule has 20 heavy (non-hydrogen) atoms. The lowest BCUT2D eigenvalue weighted by Crippen LogP contribution is -2.32. The van der Waals surface area contributed by atoms with Gasteiger partial charge in [0.25, 0.3) is 5.91 Å². The van der Waals surface area contributed by atoms with Crippen molar-refractivity contribution in [2.24, 2.45) is 5.14 Å². The Labute approximate surface area is 126 Å².